The van der Waals surface area contributed by atoms with E-state index < -0.39 is 0 Å². The van der Waals surface area contributed by atoms with Crippen molar-refractivity contribution in [2.45, 2.75) is 39.0 Å². The van der Waals surface area contributed by atoms with Gasteiger partial charge in [0.25, 0.3) is 0 Å². The first-order valence-corrected chi connectivity index (χ1v) is 5.25. The first kappa shape index (κ1) is 11.2. The van der Waals surface area contributed by atoms with E-state index >= 15 is 0 Å². The Labute approximate surface area is 84.8 Å². The lowest BCUT2D eigenvalue weighted by atomic mass is 9.82. The fourth-order valence-corrected chi connectivity index (χ4v) is 2.03. The lowest BCUT2D eigenvalue weighted by Crippen LogP contribution is -2.24. The minimum atomic E-state index is -0.205. The van der Waals surface area contributed by atoms with Gasteiger partial charge in [0.1, 0.15) is 5.78 Å². The molecule has 1 saturated carbocycles. The summed E-state index contributed by atoms with van der Waals surface area (Å²) in [6, 6.07) is 0. The summed E-state index contributed by atoms with van der Waals surface area (Å²) in [5, 5.41) is 0. The lowest BCUT2D eigenvalue weighted by Gasteiger charge is -2.22. The van der Waals surface area contributed by atoms with Crippen molar-refractivity contribution in [3.8, 4) is 0 Å². The van der Waals surface area contributed by atoms with E-state index in [0.717, 1.165) is 19.3 Å². The Morgan fingerprint density at radius 2 is 2.29 bits per heavy atom. The molecule has 0 bridgehead atoms. The molecule has 0 saturated heterocycles. The number of hydrogen-bond donors (Lipinski definition) is 0. The minimum Gasteiger partial charge on any atom is -0.469 e. The molecule has 0 aromatic heterocycles. The monoisotopic (exact) mass is 198 g/mol. The molecule has 0 unspecified atom stereocenters. The van der Waals surface area contributed by atoms with Crippen LogP contribution in [0.5, 0.6) is 0 Å². The van der Waals surface area contributed by atoms with E-state index in [0.29, 0.717) is 18.6 Å². The van der Waals surface area contributed by atoms with Crippen LogP contribution in [0.4, 0.5) is 0 Å². The van der Waals surface area contributed by atoms with Gasteiger partial charge in [0.15, 0.2) is 0 Å². The highest BCUT2D eigenvalue weighted by molar-refractivity contribution is 5.82. The number of ether oxygens (including phenoxy) is 1. The van der Waals surface area contributed by atoms with E-state index in [1.165, 1.54) is 7.11 Å². The third-order valence-corrected chi connectivity index (χ3v) is 2.92. The number of esters is 1. The second-order valence-corrected chi connectivity index (χ2v) is 4.07. The van der Waals surface area contributed by atoms with E-state index in [9.17, 15) is 9.59 Å². The molecule has 1 aliphatic carbocycles. The van der Waals surface area contributed by atoms with Crippen LogP contribution in [0.15, 0.2) is 0 Å². The average molecular weight is 198 g/mol. The molecule has 2 atom stereocenters. The van der Waals surface area contributed by atoms with Gasteiger partial charge in [-0.25, -0.2) is 0 Å². The molecule has 0 amide bonds. The second-order valence-electron chi connectivity index (χ2n) is 4.07. The maximum absolute atomic E-state index is 11.5. The number of Topliss-reactive ketones (excluding diaryl/α,β-unsaturated/α-hetero) is 1. The van der Waals surface area contributed by atoms with Gasteiger partial charge in [-0.1, -0.05) is 13.3 Å². The molecular weight excluding hydrogens is 180 g/mol. The molecule has 0 radical (unpaired) electrons. The van der Waals surface area contributed by atoms with Gasteiger partial charge in [-0.2, -0.15) is 0 Å². The van der Waals surface area contributed by atoms with Gasteiger partial charge in [-0.05, 0) is 19.3 Å². The number of hydrogen-bond acceptors (Lipinski definition) is 3. The van der Waals surface area contributed by atoms with Crippen molar-refractivity contribution in [1.29, 1.82) is 0 Å². The van der Waals surface area contributed by atoms with Crippen molar-refractivity contribution < 1.29 is 14.3 Å². The molecule has 0 N–H and O–H groups in total. The smallest absolute Gasteiger partial charge is 0.308 e. The van der Waals surface area contributed by atoms with Crippen molar-refractivity contribution in [1.82, 2.24) is 0 Å². The highest BCUT2D eigenvalue weighted by atomic mass is 16.5. The molecule has 3 nitrogen and oxygen atoms in total. The van der Waals surface area contributed by atoms with Crippen LogP contribution in [-0.4, -0.2) is 18.9 Å². The molecule has 1 fully saturated rings. The Hall–Kier alpha value is -0.860. The van der Waals surface area contributed by atoms with Gasteiger partial charge >= 0.3 is 5.97 Å². The zero-order valence-electron chi connectivity index (χ0n) is 8.91. The Kier molecular flexibility index (Phi) is 4.11. The Morgan fingerprint density at radius 1 is 1.57 bits per heavy atom. The quantitative estimate of drug-likeness (QED) is 0.651. The van der Waals surface area contributed by atoms with Crippen LogP contribution in [0, 0.1) is 11.8 Å². The summed E-state index contributed by atoms with van der Waals surface area (Å²) in [5.41, 5.74) is 0. The fraction of sp³-hybridized carbons (Fsp3) is 0.818. The van der Waals surface area contributed by atoms with Crippen molar-refractivity contribution in [2.75, 3.05) is 7.11 Å². The molecule has 14 heavy (non-hydrogen) atoms. The fourth-order valence-electron chi connectivity index (χ4n) is 2.03. The number of carbonyl (C=O) groups is 2. The van der Waals surface area contributed by atoms with Gasteiger partial charge < -0.3 is 4.74 Å². The van der Waals surface area contributed by atoms with E-state index in [1.54, 1.807) is 0 Å². The van der Waals surface area contributed by atoms with Gasteiger partial charge in [-0.3, -0.25) is 9.59 Å². The maximum atomic E-state index is 11.5. The molecule has 80 valence electrons. The van der Waals surface area contributed by atoms with Crippen LogP contribution in [0.2, 0.25) is 0 Å². The third kappa shape index (κ3) is 2.82. The SMILES string of the molecule is COC(=O)[C@H](C)C[C@H]1CCCCC1=O. The van der Waals surface area contributed by atoms with Crippen LogP contribution in [0.1, 0.15) is 39.0 Å². The van der Waals surface area contributed by atoms with Crippen LogP contribution in [-0.2, 0) is 14.3 Å². The van der Waals surface area contributed by atoms with Crippen LogP contribution in [0.3, 0.4) is 0 Å². The lowest BCUT2D eigenvalue weighted by molar-refractivity contribution is -0.145. The number of ketones is 1. The highest BCUT2D eigenvalue weighted by Gasteiger charge is 2.26. The Balaban J connectivity index is 2.42. The first-order chi connectivity index (χ1) is 6.65. The van der Waals surface area contributed by atoms with Gasteiger partial charge in [0.05, 0.1) is 13.0 Å². The molecule has 1 aliphatic rings. The van der Waals surface area contributed by atoms with Crippen molar-refractivity contribution in [2.24, 2.45) is 11.8 Å². The third-order valence-electron chi connectivity index (χ3n) is 2.92. The molecule has 3 heteroatoms. The van der Waals surface area contributed by atoms with E-state index in [4.69, 9.17) is 0 Å². The second kappa shape index (κ2) is 5.13. The van der Waals surface area contributed by atoms with Crippen LogP contribution < -0.4 is 0 Å². The van der Waals surface area contributed by atoms with Crippen LogP contribution >= 0.6 is 0 Å². The Morgan fingerprint density at radius 3 is 2.86 bits per heavy atom. The summed E-state index contributed by atoms with van der Waals surface area (Å²) >= 11 is 0. The largest absolute Gasteiger partial charge is 0.469 e. The maximum Gasteiger partial charge on any atom is 0.308 e. The summed E-state index contributed by atoms with van der Waals surface area (Å²) in [4.78, 5) is 22.6. The topological polar surface area (TPSA) is 43.4 Å². The zero-order valence-corrected chi connectivity index (χ0v) is 8.91. The number of methoxy groups -OCH3 is 1. The first-order valence-electron chi connectivity index (χ1n) is 5.25. The van der Waals surface area contributed by atoms with Gasteiger partial charge in [0.2, 0.25) is 0 Å². The van der Waals surface area contributed by atoms with Gasteiger partial charge in [0, 0.05) is 12.3 Å². The zero-order chi connectivity index (χ0) is 10.6. The highest BCUT2D eigenvalue weighted by Crippen LogP contribution is 2.26. The van der Waals surface area contributed by atoms with E-state index in [2.05, 4.69) is 4.74 Å². The molecule has 0 heterocycles. The predicted octanol–water partition coefficient (Wildman–Crippen LogP) is 1.94. The summed E-state index contributed by atoms with van der Waals surface area (Å²) < 4.78 is 4.64. The van der Waals surface area contributed by atoms with E-state index in [-0.39, 0.29) is 17.8 Å². The Bertz CT molecular complexity index is 223. The van der Waals surface area contributed by atoms with Crippen molar-refractivity contribution in [3.05, 3.63) is 0 Å². The van der Waals surface area contributed by atoms with Crippen LogP contribution in [0.25, 0.3) is 0 Å². The summed E-state index contributed by atoms with van der Waals surface area (Å²) in [6.07, 6.45) is 4.43. The molecular formula is C11H18O3. The standard InChI is InChI=1S/C11H18O3/c1-8(11(13)14-2)7-9-5-3-4-6-10(9)12/h8-9H,3-7H2,1-2H3/t8-,9-/m1/s1. The summed E-state index contributed by atoms with van der Waals surface area (Å²) in [6.45, 7) is 1.83. The predicted molar refractivity (Wildman–Crippen MR) is 52.8 cm³/mol. The molecule has 0 aromatic carbocycles. The average Bonchev–Trinajstić information content (AvgIpc) is 2.20. The normalized spacial score (nSPS) is 24.4. The molecule has 1 rings (SSSR count). The molecule has 0 aliphatic heterocycles. The molecule has 0 aromatic rings. The number of carbonyl (C=O) groups excluding carboxylic acids is 2. The minimum absolute atomic E-state index is 0.0952. The summed E-state index contributed by atoms with van der Waals surface area (Å²) in [7, 11) is 1.39. The van der Waals surface area contributed by atoms with E-state index in [1.807, 2.05) is 6.92 Å². The van der Waals surface area contributed by atoms with Gasteiger partial charge in [-0.15, -0.1) is 0 Å². The molecule has 0 spiro atoms. The van der Waals surface area contributed by atoms with Crippen molar-refractivity contribution >= 4 is 11.8 Å². The van der Waals surface area contributed by atoms with Crippen molar-refractivity contribution in [3.63, 3.8) is 0 Å². The number of rotatable bonds is 3. The summed E-state index contributed by atoms with van der Waals surface area (Å²) in [5.74, 6) is 0.0697.